The molecule has 116 valence electrons. The molecule has 1 saturated heterocycles. The number of carboxylic acids is 1. The number of nitrogens with zero attached hydrogens (tertiary/aromatic N) is 1. The van der Waals surface area contributed by atoms with Crippen molar-refractivity contribution in [3.8, 4) is 0 Å². The molecule has 0 radical (unpaired) electrons. The third kappa shape index (κ3) is 3.04. The summed E-state index contributed by atoms with van der Waals surface area (Å²) in [5, 5.41) is 8.39. The summed E-state index contributed by atoms with van der Waals surface area (Å²) >= 11 is 5.56. The zero-order valence-corrected chi connectivity index (χ0v) is 12.9. The fraction of sp³-hybridized carbons (Fsp3) is 0.462. The molecule has 1 aliphatic rings. The highest BCUT2D eigenvalue weighted by atomic mass is 35.5. The van der Waals surface area contributed by atoms with E-state index in [0.29, 0.717) is 6.54 Å². The molecular formula is C13H15ClFNO4S. The fourth-order valence-corrected chi connectivity index (χ4v) is 4.36. The second-order valence-corrected chi connectivity index (χ2v) is 7.30. The first-order valence-electron chi connectivity index (χ1n) is 6.49. The van der Waals surface area contributed by atoms with Crippen LogP contribution in [0.2, 0.25) is 5.02 Å². The van der Waals surface area contributed by atoms with Gasteiger partial charge in [-0.25, -0.2) is 17.6 Å². The van der Waals surface area contributed by atoms with Gasteiger partial charge in [0.05, 0.1) is 15.5 Å². The molecule has 0 saturated carbocycles. The average Bonchev–Trinajstić information content (AvgIpc) is 2.41. The van der Waals surface area contributed by atoms with Gasteiger partial charge in [0.2, 0.25) is 10.0 Å². The molecule has 5 nitrogen and oxygen atoms in total. The van der Waals surface area contributed by atoms with Crippen molar-refractivity contribution in [2.24, 2.45) is 0 Å². The number of rotatable bonds is 3. The number of halogens is 2. The van der Waals surface area contributed by atoms with Crippen LogP contribution >= 0.6 is 11.6 Å². The molecule has 8 heteroatoms. The zero-order chi connectivity index (χ0) is 15.8. The van der Waals surface area contributed by atoms with E-state index in [2.05, 4.69) is 0 Å². The van der Waals surface area contributed by atoms with Gasteiger partial charge in [0.15, 0.2) is 0 Å². The second-order valence-electron chi connectivity index (χ2n) is 5.03. The predicted molar refractivity (Wildman–Crippen MR) is 75.6 cm³/mol. The van der Waals surface area contributed by atoms with Crippen LogP contribution < -0.4 is 0 Å². The van der Waals surface area contributed by atoms with E-state index in [4.69, 9.17) is 16.7 Å². The Morgan fingerprint density at radius 1 is 1.43 bits per heavy atom. The van der Waals surface area contributed by atoms with Gasteiger partial charge in [-0.3, -0.25) is 0 Å². The lowest BCUT2D eigenvalue weighted by molar-refractivity contribution is 0.0696. The van der Waals surface area contributed by atoms with Crippen molar-refractivity contribution in [1.82, 2.24) is 4.31 Å². The fourth-order valence-electron chi connectivity index (χ4n) is 2.43. The molecule has 0 bridgehead atoms. The van der Waals surface area contributed by atoms with E-state index in [0.717, 1.165) is 31.4 Å². The van der Waals surface area contributed by atoms with Crippen molar-refractivity contribution in [1.29, 1.82) is 0 Å². The summed E-state index contributed by atoms with van der Waals surface area (Å²) < 4.78 is 40.1. The number of sulfonamides is 1. The standard InChI is InChI=1S/C13H15ClFNO4S/c1-8-4-2-3-5-16(8)21(19,20)9-6-10(13(17)18)12(14)11(15)7-9/h6-8H,2-5H2,1H3,(H,17,18). The first-order chi connectivity index (χ1) is 9.75. The van der Waals surface area contributed by atoms with Gasteiger partial charge in [-0.1, -0.05) is 18.0 Å². The van der Waals surface area contributed by atoms with Gasteiger partial charge in [-0.2, -0.15) is 4.31 Å². The summed E-state index contributed by atoms with van der Waals surface area (Å²) in [4.78, 5) is 10.7. The smallest absolute Gasteiger partial charge is 0.337 e. The van der Waals surface area contributed by atoms with Crippen LogP contribution in [0, 0.1) is 5.82 Å². The zero-order valence-electron chi connectivity index (χ0n) is 11.3. The maximum atomic E-state index is 13.7. The molecule has 0 aliphatic carbocycles. The van der Waals surface area contributed by atoms with Crippen LogP contribution in [0.4, 0.5) is 4.39 Å². The van der Waals surface area contributed by atoms with Gasteiger partial charge in [0, 0.05) is 12.6 Å². The second kappa shape index (κ2) is 5.90. The lowest BCUT2D eigenvalue weighted by Crippen LogP contribution is -2.42. The van der Waals surface area contributed by atoms with Crippen molar-refractivity contribution in [2.45, 2.75) is 37.1 Å². The molecule has 1 aromatic carbocycles. The SMILES string of the molecule is CC1CCCCN1S(=O)(=O)c1cc(F)c(Cl)c(C(=O)O)c1. The minimum absolute atomic E-state index is 0.198. The number of benzene rings is 1. The lowest BCUT2D eigenvalue weighted by Gasteiger charge is -2.32. The Balaban J connectivity index is 2.52. The number of carboxylic acid groups (broad SMARTS) is 1. The summed E-state index contributed by atoms with van der Waals surface area (Å²) in [6, 6.07) is 1.48. The van der Waals surface area contributed by atoms with E-state index >= 15 is 0 Å². The van der Waals surface area contributed by atoms with Crippen molar-refractivity contribution < 1.29 is 22.7 Å². The largest absolute Gasteiger partial charge is 0.478 e. The molecule has 1 unspecified atom stereocenters. The Morgan fingerprint density at radius 3 is 2.67 bits per heavy atom. The monoisotopic (exact) mass is 335 g/mol. The summed E-state index contributed by atoms with van der Waals surface area (Å²) in [6.45, 7) is 2.12. The average molecular weight is 336 g/mol. The Hall–Kier alpha value is -1.18. The minimum atomic E-state index is -3.94. The number of carbonyl (C=O) groups is 1. The Morgan fingerprint density at radius 2 is 2.10 bits per heavy atom. The maximum absolute atomic E-state index is 13.7. The molecule has 0 aromatic heterocycles. The van der Waals surface area contributed by atoms with Crippen LogP contribution in [0.3, 0.4) is 0 Å². The molecule has 2 rings (SSSR count). The van der Waals surface area contributed by atoms with Gasteiger partial charge in [0.1, 0.15) is 5.82 Å². The molecule has 0 amide bonds. The van der Waals surface area contributed by atoms with Crippen LogP contribution in [-0.2, 0) is 10.0 Å². The van der Waals surface area contributed by atoms with Gasteiger partial charge >= 0.3 is 5.97 Å². The molecule has 1 aliphatic heterocycles. The van der Waals surface area contributed by atoms with E-state index in [1.165, 1.54) is 4.31 Å². The van der Waals surface area contributed by atoms with Crippen molar-refractivity contribution in [3.05, 3.63) is 28.5 Å². The van der Waals surface area contributed by atoms with Crippen molar-refractivity contribution >= 4 is 27.6 Å². The van der Waals surface area contributed by atoms with E-state index in [1.807, 2.05) is 0 Å². The highest BCUT2D eigenvalue weighted by Crippen LogP contribution is 2.29. The summed E-state index contributed by atoms with van der Waals surface area (Å²) in [6.07, 6.45) is 2.38. The first-order valence-corrected chi connectivity index (χ1v) is 8.31. The van der Waals surface area contributed by atoms with Crippen LogP contribution in [0.15, 0.2) is 17.0 Å². The molecule has 0 spiro atoms. The molecule has 1 fully saturated rings. The Kier molecular flexibility index (Phi) is 4.55. The lowest BCUT2D eigenvalue weighted by atomic mass is 10.1. The summed E-state index contributed by atoms with van der Waals surface area (Å²) in [5.41, 5.74) is -0.556. The molecule has 1 N–H and O–H groups in total. The van der Waals surface area contributed by atoms with E-state index in [-0.39, 0.29) is 10.9 Å². The third-order valence-corrected chi connectivity index (χ3v) is 5.96. The van der Waals surface area contributed by atoms with Gasteiger partial charge in [0.25, 0.3) is 0 Å². The summed E-state index contributed by atoms with van der Waals surface area (Å²) in [7, 11) is -3.94. The molecule has 21 heavy (non-hydrogen) atoms. The molecule has 1 heterocycles. The Labute approximate surface area is 127 Å². The maximum Gasteiger partial charge on any atom is 0.337 e. The van der Waals surface area contributed by atoms with Crippen molar-refractivity contribution in [3.63, 3.8) is 0 Å². The summed E-state index contributed by atoms with van der Waals surface area (Å²) in [5.74, 6) is -2.53. The van der Waals surface area contributed by atoms with Crippen LogP contribution in [0.1, 0.15) is 36.5 Å². The molecule has 1 atom stereocenters. The topological polar surface area (TPSA) is 74.7 Å². The van der Waals surface area contributed by atoms with E-state index in [1.54, 1.807) is 6.92 Å². The van der Waals surface area contributed by atoms with Gasteiger partial charge in [-0.15, -0.1) is 0 Å². The number of hydrogen-bond acceptors (Lipinski definition) is 3. The third-order valence-electron chi connectivity index (χ3n) is 3.58. The number of hydrogen-bond donors (Lipinski definition) is 1. The number of piperidine rings is 1. The molecular weight excluding hydrogens is 321 g/mol. The van der Waals surface area contributed by atoms with E-state index < -0.39 is 32.4 Å². The van der Waals surface area contributed by atoms with Crippen LogP contribution in [0.25, 0.3) is 0 Å². The molecule has 1 aromatic rings. The highest BCUT2D eigenvalue weighted by molar-refractivity contribution is 7.89. The predicted octanol–water partition coefficient (Wildman–Crippen LogP) is 2.74. The van der Waals surface area contributed by atoms with Crippen LogP contribution in [-0.4, -0.2) is 36.4 Å². The van der Waals surface area contributed by atoms with Gasteiger partial charge in [-0.05, 0) is 31.9 Å². The highest BCUT2D eigenvalue weighted by Gasteiger charge is 2.32. The minimum Gasteiger partial charge on any atom is -0.478 e. The van der Waals surface area contributed by atoms with Crippen molar-refractivity contribution in [2.75, 3.05) is 6.54 Å². The van der Waals surface area contributed by atoms with E-state index in [9.17, 15) is 17.6 Å². The number of aromatic carboxylic acids is 1. The van der Waals surface area contributed by atoms with Gasteiger partial charge < -0.3 is 5.11 Å². The quantitative estimate of drug-likeness (QED) is 0.921. The Bertz CT molecular complexity index is 677. The normalized spacial score (nSPS) is 20.4. The first kappa shape index (κ1) is 16.2. The van der Waals surface area contributed by atoms with Crippen LogP contribution in [0.5, 0.6) is 0 Å².